The zero-order valence-corrected chi connectivity index (χ0v) is 11.9. The second-order valence-electron chi connectivity index (χ2n) is 5.32. The molecule has 1 aromatic heterocycles. The van der Waals surface area contributed by atoms with E-state index >= 15 is 0 Å². The van der Waals surface area contributed by atoms with Crippen molar-refractivity contribution in [1.82, 2.24) is 9.88 Å². The minimum Gasteiger partial charge on any atom is -0.475 e. The Morgan fingerprint density at radius 2 is 2.21 bits per heavy atom. The number of rotatable bonds is 3. The van der Waals surface area contributed by atoms with Gasteiger partial charge in [-0.1, -0.05) is 6.07 Å². The van der Waals surface area contributed by atoms with Crippen molar-refractivity contribution >= 4 is 5.91 Å². The van der Waals surface area contributed by atoms with Crippen molar-refractivity contribution in [1.29, 1.82) is 0 Å². The highest BCUT2D eigenvalue weighted by Gasteiger charge is 2.25. The molecule has 1 atom stereocenters. The number of carbonyl (C=O) groups is 1. The summed E-state index contributed by atoms with van der Waals surface area (Å²) in [5, 5.41) is 0. The van der Waals surface area contributed by atoms with Crippen LogP contribution in [-0.4, -0.2) is 28.4 Å². The summed E-state index contributed by atoms with van der Waals surface area (Å²) < 4.78 is 5.54. The summed E-state index contributed by atoms with van der Waals surface area (Å²) >= 11 is 0. The molecule has 0 bridgehead atoms. The Balaban J connectivity index is 2.13. The summed E-state index contributed by atoms with van der Waals surface area (Å²) in [5.41, 5.74) is 1.10. The molecular weight excluding hydrogens is 240 g/mol. The summed E-state index contributed by atoms with van der Waals surface area (Å²) in [4.78, 5) is 18.0. The van der Waals surface area contributed by atoms with Gasteiger partial charge in [0.1, 0.15) is 0 Å². The molecule has 104 valence electrons. The molecule has 0 radical (unpaired) electrons. The van der Waals surface area contributed by atoms with E-state index in [1.54, 1.807) is 6.92 Å². The number of nitrogens with zero attached hydrogens (tertiary/aromatic N) is 2. The normalized spacial score (nSPS) is 19.6. The first-order valence-corrected chi connectivity index (χ1v) is 6.97. The Labute approximate surface area is 114 Å². The van der Waals surface area contributed by atoms with E-state index in [9.17, 15) is 4.79 Å². The zero-order chi connectivity index (χ0) is 13.8. The maximum atomic E-state index is 11.7. The minimum absolute atomic E-state index is 0.127. The van der Waals surface area contributed by atoms with Gasteiger partial charge in [0.05, 0.1) is 12.1 Å². The van der Waals surface area contributed by atoms with E-state index in [0.29, 0.717) is 5.88 Å². The smallest absolute Gasteiger partial charge is 0.219 e. The standard InChI is InChI=1S/C15H22N2O2/c1-11(2)19-15-8-7-13(10-16-15)14-6-4-5-9-17(14)12(3)18/h7-8,10-11,14H,4-6,9H2,1-3H3. The number of hydrogen-bond acceptors (Lipinski definition) is 3. The van der Waals surface area contributed by atoms with Gasteiger partial charge in [-0.2, -0.15) is 0 Å². The van der Waals surface area contributed by atoms with E-state index in [0.717, 1.165) is 24.9 Å². The molecule has 0 aliphatic carbocycles. The van der Waals surface area contributed by atoms with Gasteiger partial charge in [-0.05, 0) is 38.7 Å². The summed E-state index contributed by atoms with van der Waals surface area (Å²) in [5.74, 6) is 0.788. The fourth-order valence-corrected chi connectivity index (χ4v) is 2.56. The third-order valence-electron chi connectivity index (χ3n) is 3.41. The van der Waals surface area contributed by atoms with E-state index in [1.807, 2.05) is 37.1 Å². The van der Waals surface area contributed by atoms with Crippen LogP contribution in [0.4, 0.5) is 0 Å². The van der Waals surface area contributed by atoms with Crippen LogP contribution in [0.2, 0.25) is 0 Å². The number of hydrogen-bond donors (Lipinski definition) is 0. The lowest BCUT2D eigenvalue weighted by Crippen LogP contribution is -2.36. The maximum absolute atomic E-state index is 11.7. The maximum Gasteiger partial charge on any atom is 0.219 e. The quantitative estimate of drug-likeness (QED) is 0.841. The van der Waals surface area contributed by atoms with Crippen LogP contribution >= 0.6 is 0 Å². The summed E-state index contributed by atoms with van der Waals surface area (Å²) in [6.45, 7) is 6.45. The Kier molecular flexibility index (Phi) is 4.40. The lowest BCUT2D eigenvalue weighted by atomic mass is 9.96. The van der Waals surface area contributed by atoms with Crippen LogP contribution in [0.1, 0.15) is 51.6 Å². The zero-order valence-electron chi connectivity index (χ0n) is 11.9. The van der Waals surface area contributed by atoms with E-state index < -0.39 is 0 Å². The van der Waals surface area contributed by atoms with Gasteiger partial charge in [0.2, 0.25) is 11.8 Å². The molecule has 1 aromatic rings. The molecule has 0 aromatic carbocycles. The SMILES string of the molecule is CC(=O)N1CCCCC1c1ccc(OC(C)C)nc1. The summed E-state index contributed by atoms with van der Waals surface area (Å²) in [6.07, 6.45) is 5.24. The summed E-state index contributed by atoms with van der Waals surface area (Å²) in [6, 6.07) is 4.09. The Bertz CT molecular complexity index is 428. The fourth-order valence-electron chi connectivity index (χ4n) is 2.56. The van der Waals surface area contributed by atoms with Crippen LogP contribution in [0.15, 0.2) is 18.3 Å². The van der Waals surface area contributed by atoms with Crippen molar-refractivity contribution in [3.05, 3.63) is 23.9 Å². The molecule has 1 unspecified atom stereocenters. The number of aromatic nitrogens is 1. The molecule has 19 heavy (non-hydrogen) atoms. The van der Waals surface area contributed by atoms with Crippen molar-refractivity contribution in [2.75, 3.05) is 6.54 Å². The van der Waals surface area contributed by atoms with Gasteiger partial charge in [0.15, 0.2) is 0 Å². The van der Waals surface area contributed by atoms with Crippen molar-refractivity contribution in [2.24, 2.45) is 0 Å². The molecule has 1 aliphatic rings. The molecule has 0 spiro atoms. The van der Waals surface area contributed by atoms with E-state index in [2.05, 4.69) is 4.98 Å². The van der Waals surface area contributed by atoms with E-state index in [-0.39, 0.29) is 18.1 Å². The topological polar surface area (TPSA) is 42.4 Å². The number of carbonyl (C=O) groups excluding carboxylic acids is 1. The van der Waals surface area contributed by atoms with E-state index in [1.165, 1.54) is 6.42 Å². The van der Waals surface area contributed by atoms with Crippen LogP contribution in [0.5, 0.6) is 5.88 Å². The molecule has 1 fully saturated rings. The van der Waals surface area contributed by atoms with Crippen molar-refractivity contribution in [3.63, 3.8) is 0 Å². The predicted molar refractivity (Wildman–Crippen MR) is 74.0 cm³/mol. The Morgan fingerprint density at radius 1 is 1.42 bits per heavy atom. The molecule has 0 saturated carbocycles. The highest BCUT2D eigenvalue weighted by Crippen LogP contribution is 2.31. The molecule has 4 heteroatoms. The third kappa shape index (κ3) is 3.46. The summed E-state index contributed by atoms with van der Waals surface area (Å²) in [7, 11) is 0. The van der Waals surface area contributed by atoms with E-state index in [4.69, 9.17) is 4.74 Å². The molecule has 1 aliphatic heterocycles. The average Bonchev–Trinajstić information content (AvgIpc) is 2.39. The third-order valence-corrected chi connectivity index (χ3v) is 3.41. The van der Waals surface area contributed by atoms with Crippen LogP contribution < -0.4 is 4.74 Å². The first-order valence-electron chi connectivity index (χ1n) is 6.97. The average molecular weight is 262 g/mol. The van der Waals surface area contributed by atoms with Crippen molar-refractivity contribution in [2.45, 2.75) is 52.2 Å². The largest absolute Gasteiger partial charge is 0.475 e. The lowest BCUT2D eigenvalue weighted by molar-refractivity contribution is -0.132. The number of piperidine rings is 1. The first-order chi connectivity index (χ1) is 9.08. The van der Waals surface area contributed by atoms with Gasteiger partial charge in [-0.15, -0.1) is 0 Å². The second-order valence-corrected chi connectivity index (χ2v) is 5.32. The Morgan fingerprint density at radius 3 is 2.79 bits per heavy atom. The molecule has 4 nitrogen and oxygen atoms in total. The molecule has 2 heterocycles. The first kappa shape index (κ1) is 13.8. The highest BCUT2D eigenvalue weighted by molar-refractivity contribution is 5.74. The van der Waals surface area contributed by atoms with Gasteiger partial charge in [0, 0.05) is 25.7 Å². The van der Waals surface area contributed by atoms with Crippen LogP contribution in [0.25, 0.3) is 0 Å². The van der Waals surface area contributed by atoms with Crippen LogP contribution in [0, 0.1) is 0 Å². The van der Waals surface area contributed by atoms with Crippen molar-refractivity contribution in [3.8, 4) is 5.88 Å². The minimum atomic E-state index is 0.127. The predicted octanol–water partition coefficient (Wildman–Crippen LogP) is 2.94. The molecular formula is C15H22N2O2. The van der Waals surface area contributed by atoms with Crippen LogP contribution in [-0.2, 0) is 4.79 Å². The number of pyridine rings is 1. The fraction of sp³-hybridized carbons (Fsp3) is 0.600. The molecule has 0 N–H and O–H groups in total. The van der Waals surface area contributed by atoms with Crippen molar-refractivity contribution < 1.29 is 9.53 Å². The van der Waals surface area contributed by atoms with Gasteiger partial charge >= 0.3 is 0 Å². The number of ether oxygens (including phenoxy) is 1. The Hall–Kier alpha value is -1.58. The van der Waals surface area contributed by atoms with Gasteiger partial charge in [-0.3, -0.25) is 4.79 Å². The molecule has 1 amide bonds. The van der Waals surface area contributed by atoms with Gasteiger partial charge in [0.25, 0.3) is 0 Å². The second kappa shape index (κ2) is 6.04. The lowest BCUT2D eigenvalue weighted by Gasteiger charge is -2.35. The molecule has 2 rings (SSSR count). The van der Waals surface area contributed by atoms with Crippen LogP contribution in [0.3, 0.4) is 0 Å². The molecule has 1 saturated heterocycles. The van der Waals surface area contributed by atoms with Gasteiger partial charge < -0.3 is 9.64 Å². The number of likely N-dealkylation sites (tertiary alicyclic amines) is 1. The highest BCUT2D eigenvalue weighted by atomic mass is 16.5. The number of amides is 1. The monoisotopic (exact) mass is 262 g/mol. The van der Waals surface area contributed by atoms with Gasteiger partial charge in [-0.25, -0.2) is 4.98 Å².